The van der Waals surface area contributed by atoms with E-state index in [4.69, 9.17) is 0 Å². The number of Topliss-reactive ketones (excluding diaryl/α,β-unsaturated/α-hetero) is 1. The first-order valence-electron chi connectivity index (χ1n) is 8.86. The van der Waals surface area contributed by atoms with Crippen molar-refractivity contribution in [3.05, 3.63) is 35.4 Å². The molecule has 0 spiro atoms. The number of anilines is 1. The Kier molecular flexibility index (Phi) is 7.08. The molecule has 0 aromatic carbocycles. The van der Waals surface area contributed by atoms with Crippen LogP contribution in [-0.2, 0) is 17.8 Å². The highest BCUT2D eigenvalue weighted by atomic mass is 16.1. The molecule has 26 heavy (non-hydrogen) atoms. The first kappa shape index (κ1) is 19.8. The van der Waals surface area contributed by atoms with Gasteiger partial charge in [-0.1, -0.05) is 33.8 Å². The molecule has 8 nitrogen and oxygen atoms in total. The van der Waals surface area contributed by atoms with Gasteiger partial charge in [-0.15, -0.1) is 20.4 Å². The van der Waals surface area contributed by atoms with Gasteiger partial charge < -0.3 is 10.6 Å². The number of hydrogen-bond acceptors (Lipinski definition) is 8. The Labute approximate surface area is 154 Å². The van der Waals surface area contributed by atoms with Crippen molar-refractivity contribution in [2.45, 2.75) is 59.7 Å². The summed E-state index contributed by atoms with van der Waals surface area (Å²) in [5.41, 5.74) is 1.87. The van der Waals surface area contributed by atoms with Crippen LogP contribution in [-0.4, -0.2) is 43.2 Å². The van der Waals surface area contributed by atoms with E-state index in [9.17, 15) is 4.79 Å². The first-order valence-corrected chi connectivity index (χ1v) is 8.86. The van der Waals surface area contributed by atoms with E-state index in [1.807, 2.05) is 46.0 Å². The fraction of sp³-hybridized carbons (Fsp3) is 0.556. The number of carbonyl (C=O) groups is 1. The van der Waals surface area contributed by atoms with Gasteiger partial charge in [0.15, 0.2) is 11.6 Å². The normalized spacial score (nSPS) is 12.4. The van der Waals surface area contributed by atoms with Crippen LogP contribution < -0.4 is 10.6 Å². The van der Waals surface area contributed by atoms with Crippen molar-refractivity contribution < 1.29 is 4.79 Å². The molecule has 2 aromatic heterocycles. The number of nitrogens with one attached hydrogen (secondary N) is 2. The predicted octanol–water partition coefficient (Wildman–Crippen LogP) is 1.72. The van der Waals surface area contributed by atoms with Crippen LogP contribution in [0.1, 0.15) is 44.8 Å². The molecule has 2 aromatic rings. The molecule has 0 saturated carbocycles. The van der Waals surface area contributed by atoms with Gasteiger partial charge in [0.05, 0.1) is 18.3 Å². The Morgan fingerprint density at radius 2 is 1.77 bits per heavy atom. The summed E-state index contributed by atoms with van der Waals surface area (Å²) in [5, 5.41) is 21.9. The number of pyridine rings is 1. The summed E-state index contributed by atoms with van der Waals surface area (Å²) >= 11 is 0. The summed E-state index contributed by atoms with van der Waals surface area (Å²) in [6, 6.07) is 3.98. The highest BCUT2D eigenvalue weighted by molar-refractivity contribution is 5.86. The fourth-order valence-corrected chi connectivity index (χ4v) is 2.48. The zero-order chi connectivity index (χ0) is 19.1. The summed E-state index contributed by atoms with van der Waals surface area (Å²) in [6.45, 7) is 10.2. The van der Waals surface area contributed by atoms with Gasteiger partial charge >= 0.3 is 0 Å². The number of ketones is 1. The third-order valence-electron chi connectivity index (χ3n) is 3.78. The second kappa shape index (κ2) is 9.28. The Morgan fingerprint density at radius 3 is 2.31 bits per heavy atom. The molecule has 0 aliphatic rings. The summed E-state index contributed by atoms with van der Waals surface area (Å²) in [4.78, 5) is 16.9. The summed E-state index contributed by atoms with van der Waals surface area (Å²) in [6.07, 6.45) is 2.44. The van der Waals surface area contributed by atoms with Crippen molar-refractivity contribution >= 4 is 11.7 Å². The van der Waals surface area contributed by atoms with E-state index in [0.717, 1.165) is 11.3 Å². The number of aryl methyl sites for hydroxylation is 1. The average molecular weight is 357 g/mol. The molecule has 0 aliphatic heterocycles. The van der Waals surface area contributed by atoms with Crippen molar-refractivity contribution in [2.24, 2.45) is 5.92 Å². The molecular weight excluding hydrogens is 330 g/mol. The minimum atomic E-state index is -0.195. The largest absolute Gasteiger partial charge is 0.346 e. The van der Waals surface area contributed by atoms with E-state index in [0.29, 0.717) is 24.7 Å². The van der Waals surface area contributed by atoms with Crippen LogP contribution in [0, 0.1) is 12.8 Å². The van der Waals surface area contributed by atoms with Gasteiger partial charge in [0.2, 0.25) is 0 Å². The van der Waals surface area contributed by atoms with Gasteiger partial charge in [-0.05, 0) is 25.0 Å². The summed E-state index contributed by atoms with van der Waals surface area (Å²) in [5.74, 6) is 1.11. The molecular formula is C18H27N7O. The topological polar surface area (TPSA) is 106 Å². The van der Waals surface area contributed by atoms with E-state index in [1.165, 1.54) is 0 Å². The second-order valence-electron chi connectivity index (χ2n) is 6.92. The zero-order valence-corrected chi connectivity index (χ0v) is 16.0. The van der Waals surface area contributed by atoms with Crippen LogP contribution in [0.25, 0.3) is 0 Å². The first-order chi connectivity index (χ1) is 12.3. The highest BCUT2D eigenvalue weighted by Gasteiger charge is 2.22. The van der Waals surface area contributed by atoms with Gasteiger partial charge in [0.25, 0.3) is 5.95 Å². The average Bonchev–Trinajstić information content (AvgIpc) is 2.60. The van der Waals surface area contributed by atoms with E-state index >= 15 is 0 Å². The zero-order valence-electron chi connectivity index (χ0n) is 16.0. The van der Waals surface area contributed by atoms with Gasteiger partial charge in [-0.3, -0.25) is 9.78 Å². The van der Waals surface area contributed by atoms with Crippen molar-refractivity contribution in [1.82, 2.24) is 30.7 Å². The van der Waals surface area contributed by atoms with E-state index in [-0.39, 0.29) is 23.8 Å². The number of nitrogens with zero attached hydrogens (tertiary/aromatic N) is 5. The minimum absolute atomic E-state index is 0.000546. The molecule has 0 unspecified atom stereocenters. The quantitative estimate of drug-likeness (QED) is 0.699. The van der Waals surface area contributed by atoms with Crippen molar-refractivity contribution in [3.8, 4) is 0 Å². The van der Waals surface area contributed by atoms with Crippen LogP contribution >= 0.6 is 0 Å². The maximum absolute atomic E-state index is 12.4. The maximum atomic E-state index is 12.4. The number of hydrogen-bond donors (Lipinski definition) is 2. The molecule has 0 aliphatic carbocycles. The standard InChI is InChI=1S/C18H27N7O/c1-11(2)17(26)16(21-12(3)4)8-14-6-7-15(19-9-14)10-20-18-24-22-13(5)23-25-18/h6-7,9,11-12,16,21H,8,10H2,1-5H3,(H,20,24,25)/t16-/m0/s1. The Hall–Kier alpha value is -2.48. The third kappa shape index (κ3) is 6.11. The summed E-state index contributed by atoms with van der Waals surface area (Å²) < 4.78 is 0. The lowest BCUT2D eigenvalue weighted by Gasteiger charge is -2.22. The lowest BCUT2D eigenvalue weighted by Crippen LogP contribution is -2.44. The van der Waals surface area contributed by atoms with Gasteiger partial charge in [0, 0.05) is 18.2 Å². The smallest absolute Gasteiger partial charge is 0.262 e. The lowest BCUT2D eigenvalue weighted by atomic mass is 9.95. The van der Waals surface area contributed by atoms with E-state index in [2.05, 4.69) is 36.0 Å². The van der Waals surface area contributed by atoms with Gasteiger partial charge in [-0.2, -0.15) is 0 Å². The monoisotopic (exact) mass is 357 g/mol. The van der Waals surface area contributed by atoms with Crippen LogP contribution in [0.3, 0.4) is 0 Å². The number of rotatable bonds is 9. The molecule has 0 saturated heterocycles. The molecule has 140 valence electrons. The molecule has 8 heteroatoms. The molecule has 2 heterocycles. The third-order valence-corrected chi connectivity index (χ3v) is 3.78. The van der Waals surface area contributed by atoms with Crippen LogP contribution in [0.2, 0.25) is 0 Å². The highest BCUT2D eigenvalue weighted by Crippen LogP contribution is 2.10. The predicted molar refractivity (Wildman–Crippen MR) is 99.5 cm³/mol. The Balaban J connectivity index is 1.96. The second-order valence-corrected chi connectivity index (χ2v) is 6.92. The van der Waals surface area contributed by atoms with Crippen LogP contribution in [0.15, 0.2) is 18.3 Å². The molecule has 0 fully saturated rings. The Bertz CT molecular complexity index is 698. The summed E-state index contributed by atoms with van der Waals surface area (Å²) in [7, 11) is 0. The van der Waals surface area contributed by atoms with Crippen molar-refractivity contribution in [3.63, 3.8) is 0 Å². The van der Waals surface area contributed by atoms with Gasteiger partial charge in [0.1, 0.15) is 0 Å². The maximum Gasteiger partial charge on any atom is 0.262 e. The van der Waals surface area contributed by atoms with Crippen LogP contribution in [0.5, 0.6) is 0 Å². The number of aromatic nitrogens is 5. The van der Waals surface area contributed by atoms with Gasteiger partial charge in [-0.25, -0.2) is 0 Å². The minimum Gasteiger partial charge on any atom is -0.346 e. The van der Waals surface area contributed by atoms with Crippen LogP contribution in [0.4, 0.5) is 5.95 Å². The molecule has 2 rings (SSSR count). The SMILES string of the molecule is Cc1nnc(NCc2ccc(C[C@H](NC(C)C)C(=O)C(C)C)cn2)nn1. The van der Waals surface area contributed by atoms with Crippen molar-refractivity contribution in [2.75, 3.05) is 5.32 Å². The molecule has 0 radical (unpaired) electrons. The fourth-order valence-electron chi connectivity index (χ4n) is 2.48. The lowest BCUT2D eigenvalue weighted by molar-refractivity contribution is -0.124. The van der Waals surface area contributed by atoms with E-state index in [1.54, 1.807) is 6.92 Å². The number of carbonyl (C=O) groups excluding carboxylic acids is 1. The molecule has 0 bridgehead atoms. The molecule has 1 atom stereocenters. The molecule has 2 N–H and O–H groups in total. The molecule has 0 amide bonds. The Morgan fingerprint density at radius 1 is 1.08 bits per heavy atom. The van der Waals surface area contributed by atoms with E-state index < -0.39 is 0 Å². The van der Waals surface area contributed by atoms with Crippen molar-refractivity contribution in [1.29, 1.82) is 0 Å².